The molecule has 10 heavy (non-hydrogen) atoms. The number of hydrogen-bond acceptors (Lipinski definition) is 2. The van der Waals surface area contributed by atoms with Gasteiger partial charge in [0.25, 0.3) is 0 Å². The van der Waals surface area contributed by atoms with Gasteiger partial charge in [-0.2, -0.15) is 0 Å². The van der Waals surface area contributed by atoms with Crippen molar-refractivity contribution in [1.82, 2.24) is 9.66 Å². The summed E-state index contributed by atoms with van der Waals surface area (Å²) in [4.78, 5) is 4.26. The Morgan fingerprint density at radius 3 is 2.30 bits per heavy atom. The molecule has 0 aliphatic heterocycles. The summed E-state index contributed by atoms with van der Waals surface area (Å²) < 4.78 is 3.97. The Balaban J connectivity index is 3.20. The van der Waals surface area contributed by atoms with Gasteiger partial charge in [0, 0.05) is 29.6 Å². The Morgan fingerprint density at radius 2 is 2.10 bits per heavy atom. The number of halogens is 2. The van der Waals surface area contributed by atoms with Crippen LogP contribution < -0.4 is 5.43 Å². The Morgan fingerprint density at radius 1 is 1.50 bits per heavy atom. The molecule has 5 heteroatoms. The van der Waals surface area contributed by atoms with Gasteiger partial charge in [0.05, 0.1) is 5.69 Å². The van der Waals surface area contributed by atoms with Gasteiger partial charge < -0.3 is 5.43 Å². The summed E-state index contributed by atoms with van der Waals surface area (Å²) in [6.45, 7) is 2.04. The van der Waals surface area contributed by atoms with Crippen LogP contribution in [0, 0.1) is 14.5 Å². The first-order valence-corrected chi connectivity index (χ1v) is 4.90. The first kappa shape index (κ1) is 8.57. The third-order valence-corrected chi connectivity index (χ3v) is 2.98. The van der Waals surface area contributed by atoms with Crippen LogP contribution in [0.1, 0.15) is 5.69 Å². The number of imidazole rings is 1. The molecule has 0 radical (unpaired) electrons. The fourth-order valence-corrected chi connectivity index (χ4v) is 2.48. The molecule has 1 aromatic heterocycles. The minimum Gasteiger partial charge on any atom is -0.327 e. The quantitative estimate of drug-likeness (QED) is 0.769. The SMILES string of the molecule is CNn1c(I)nc(I)c1C. The second kappa shape index (κ2) is 3.24. The van der Waals surface area contributed by atoms with E-state index in [4.69, 9.17) is 0 Å². The average molecular weight is 363 g/mol. The summed E-state index contributed by atoms with van der Waals surface area (Å²) in [7, 11) is 1.88. The van der Waals surface area contributed by atoms with Crippen LogP contribution in [0.25, 0.3) is 0 Å². The highest BCUT2D eigenvalue weighted by atomic mass is 127. The maximum Gasteiger partial charge on any atom is 0.191 e. The van der Waals surface area contributed by atoms with Crippen molar-refractivity contribution in [3.63, 3.8) is 0 Å². The highest BCUT2D eigenvalue weighted by Gasteiger charge is 2.06. The van der Waals surface area contributed by atoms with Crippen molar-refractivity contribution >= 4 is 45.2 Å². The van der Waals surface area contributed by atoms with Gasteiger partial charge in [-0.15, -0.1) is 0 Å². The number of hydrogen-bond donors (Lipinski definition) is 1. The molecule has 56 valence electrons. The number of nitrogens with zero attached hydrogens (tertiary/aromatic N) is 2. The molecule has 0 bridgehead atoms. The van der Waals surface area contributed by atoms with Gasteiger partial charge in [-0.25, -0.2) is 9.66 Å². The van der Waals surface area contributed by atoms with E-state index < -0.39 is 0 Å². The van der Waals surface area contributed by atoms with E-state index in [1.807, 2.05) is 18.6 Å². The first-order valence-electron chi connectivity index (χ1n) is 2.75. The van der Waals surface area contributed by atoms with E-state index in [1.54, 1.807) is 0 Å². The lowest BCUT2D eigenvalue weighted by Gasteiger charge is -2.02. The van der Waals surface area contributed by atoms with Gasteiger partial charge in [-0.3, -0.25) is 0 Å². The second-order valence-corrected chi connectivity index (χ2v) is 3.80. The van der Waals surface area contributed by atoms with Crippen molar-refractivity contribution in [2.24, 2.45) is 0 Å². The van der Waals surface area contributed by atoms with Crippen LogP contribution in [0.15, 0.2) is 0 Å². The lowest BCUT2D eigenvalue weighted by atomic mass is 10.6. The molecule has 3 nitrogen and oxygen atoms in total. The molecule has 1 aromatic rings. The molecular weight excluding hydrogens is 356 g/mol. The highest BCUT2D eigenvalue weighted by Crippen LogP contribution is 2.12. The molecule has 0 saturated carbocycles. The van der Waals surface area contributed by atoms with Crippen LogP contribution in [-0.4, -0.2) is 16.7 Å². The van der Waals surface area contributed by atoms with E-state index in [1.165, 1.54) is 0 Å². The van der Waals surface area contributed by atoms with E-state index in [2.05, 4.69) is 55.6 Å². The Labute approximate surface area is 86.8 Å². The van der Waals surface area contributed by atoms with Crippen molar-refractivity contribution in [3.8, 4) is 0 Å². The zero-order valence-electron chi connectivity index (χ0n) is 5.65. The predicted octanol–water partition coefficient (Wildman–Crippen LogP) is 1.57. The summed E-state index contributed by atoms with van der Waals surface area (Å²) >= 11 is 4.41. The minimum absolute atomic E-state index is 0.974. The van der Waals surface area contributed by atoms with Crippen LogP contribution in [-0.2, 0) is 0 Å². The van der Waals surface area contributed by atoms with Crippen LogP contribution in [0.3, 0.4) is 0 Å². The summed E-state index contributed by atoms with van der Waals surface area (Å²) in [5.74, 6) is 0. The zero-order chi connectivity index (χ0) is 7.72. The summed E-state index contributed by atoms with van der Waals surface area (Å²) in [5, 5.41) is 0. The van der Waals surface area contributed by atoms with Crippen LogP contribution in [0.2, 0.25) is 0 Å². The Bertz CT molecular complexity index is 243. The number of nitrogens with one attached hydrogen (secondary N) is 1. The molecule has 0 amide bonds. The molecule has 0 unspecified atom stereocenters. The van der Waals surface area contributed by atoms with Crippen LogP contribution >= 0.6 is 45.2 Å². The third kappa shape index (κ3) is 1.39. The van der Waals surface area contributed by atoms with Gasteiger partial charge in [0.2, 0.25) is 0 Å². The van der Waals surface area contributed by atoms with Crippen molar-refractivity contribution in [1.29, 1.82) is 0 Å². The largest absolute Gasteiger partial charge is 0.327 e. The van der Waals surface area contributed by atoms with Crippen molar-refractivity contribution in [2.75, 3.05) is 12.5 Å². The Hall–Kier alpha value is 0.470. The van der Waals surface area contributed by atoms with Crippen LogP contribution in [0.5, 0.6) is 0 Å². The van der Waals surface area contributed by atoms with Crippen molar-refractivity contribution in [2.45, 2.75) is 6.92 Å². The fourth-order valence-electron chi connectivity index (χ4n) is 0.703. The Kier molecular flexibility index (Phi) is 2.78. The van der Waals surface area contributed by atoms with Crippen molar-refractivity contribution < 1.29 is 0 Å². The molecular formula is C5H7I2N3. The fraction of sp³-hybridized carbons (Fsp3) is 0.400. The summed E-state index contributed by atoms with van der Waals surface area (Å²) in [6, 6.07) is 0. The lowest BCUT2D eigenvalue weighted by Crippen LogP contribution is -2.12. The van der Waals surface area contributed by atoms with Gasteiger partial charge in [0.15, 0.2) is 3.83 Å². The van der Waals surface area contributed by atoms with E-state index in [0.717, 1.165) is 13.2 Å². The monoisotopic (exact) mass is 363 g/mol. The molecule has 1 heterocycles. The number of rotatable bonds is 1. The maximum absolute atomic E-state index is 4.26. The molecule has 0 aromatic carbocycles. The van der Waals surface area contributed by atoms with E-state index in [0.29, 0.717) is 0 Å². The highest BCUT2D eigenvalue weighted by molar-refractivity contribution is 14.1. The van der Waals surface area contributed by atoms with Gasteiger partial charge in [0.1, 0.15) is 3.70 Å². The average Bonchev–Trinajstić information content (AvgIpc) is 2.09. The molecule has 0 aliphatic rings. The van der Waals surface area contributed by atoms with Gasteiger partial charge in [-0.05, 0) is 29.5 Å². The first-order chi connectivity index (χ1) is 4.66. The standard InChI is InChI=1S/C5H7I2N3/c1-3-4(6)9-5(7)10(3)8-2/h8H,1-2H3. The topological polar surface area (TPSA) is 29.9 Å². The molecule has 1 rings (SSSR count). The van der Waals surface area contributed by atoms with Gasteiger partial charge in [-0.1, -0.05) is 0 Å². The van der Waals surface area contributed by atoms with Gasteiger partial charge >= 0.3 is 0 Å². The summed E-state index contributed by atoms with van der Waals surface area (Å²) in [6.07, 6.45) is 0. The van der Waals surface area contributed by atoms with E-state index in [9.17, 15) is 0 Å². The van der Waals surface area contributed by atoms with Crippen LogP contribution in [0.4, 0.5) is 0 Å². The normalized spacial score (nSPS) is 10.0. The minimum atomic E-state index is 0.974. The number of aromatic nitrogens is 2. The second-order valence-electron chi connectivity index (χ2n) is 1.82. The molecule has 0 saturated heterocycles. The van der Waals surface area contributed by atoms with Crippen molar-refractivity contribution in [3.05, 3.63) is 13.2 Å². The summed E-state index contributed by atoms with van der Waals surface area (Å²) in [5.41, 5.74) is 4.19. The van der Waals surface area contributed by atoms with E-state index in [-0.39, 0.29) is 0 Å². The molecule has 0 fully saturated rings. The smallest absolute Gasteiger partial charge is 0.191 e. The zero-order valence-corrected chi connectivity index (χ0v) is 9.97. The lowest BCUT2D eigenvalue weighted by molar-refractivity contribution is 0.855. The molecule has 0 spiro atoms. The molecule has 0 atom stereocenters. The molecule has 1 N–H and O–H groups in total. The maximum atomic E-state index is 4.26. The third-order valence-electron chi connectivity index (χ3n) is 1.23. The molecule has 0 aliphatic carbocycles. The predicted molar refractivity (Wildman–Crippen MR) is 57.7 cm³/mol. The van der Waals surface area contributed by atoms with E-state index >= 15 is 0 Å².